The zero-order valence-electron chi connectivity index (χ0n) is 10.1. The Balaban J connectivity index is 2.08. The van der Waals surface area contributed by atoms with Crippen LogP contribution in [-0.2, 0) is 4.79 Å². The first kappa shape index (κ1) is 12.0. The molecule has 19 heavy (non-hydrogen) atoms. The highest BCUT2D eigenvalue weighted by atomic mass is 32.1. The molecular weight excluding hydrogens is 262 g/mol. The molecule has 2 aliphatic rings. The molecule has 98 valence electrons. The van der Waals surface area contributed by atoms with Crippen molar-refractivity contribution in [2.24, 2.45) is 0 Å². The highest BCUT2D eigenvalue weighted by Gasteiger charge is 2.33. The zero-order chi connectivity index (χ0) is 13.4. The fraction of sp³-hybridized carbons (Fsp3) is 0.231. The predicted octanol–water partition coefficient (Wildman–Crippen LogP) is 0.685. The number of aromatic hydroxyl groups is 1. The van der Waals surface area contributed by atoms with Crippen LogP contribution in [-0.4, -0.2) is 22.7 Å². The number of phenolic OH excluding ortho intramolecular Hbond substituents is 1. The van der Waals surface area contributed by atoms with Gasteiger partial charge in [-0.3, -0.25) is 4.79 Å². The molecule has 0 radical (unpaired) electrons. The van der Waals surface area contributed by atoms with Crippen molar-refractivity contribution in [1.29, 1.82) is 0 Å². The molecule has 0 saturated carbocycles. The van der Waals surface area contributed by atoms with Crippen LogP contribution in [0.3, 0.4) is 0 Å². The predicted molar refractivity (Wildman–Crippen MR) is 74.4 cm³/mol. The van der Waals surface area contributed by atoms with E-state index in [9.17, 15) is 9.90 Å². The number of hydrogen-bond donors (Lipinski definition) is 4. The number of carbonyl (C=O) groups is 1. The Morgan fingerprint density at radius 1 is 1.37 bits per heavy atom. The Hall–Kier alpha value is -2.08. The van der Waals surface area contributed by atoms with Crippen molar-refractivity contribution >= 4 is 23.2 Å². The summed E-state index contributed by atoms with van der Waals surface area (Å²) in [6, 6.07) is 6.52. The van der Waals surface area contributed by atoms with Crippen molar-refractivity contribution in [2.75, 3.05) is 6.54 Å². The molecule has 1 unspecified atom stereocenters. The van der Waals surface area contributed by atoms with E-state index in [2.05, 4.69) is 16.0 Å². The summed E-state index contributed by atoms with van der Waals surface area (Å²) in [5, 5.41) is 19.0. The molecule has 3 rings (SSSR count). The third kappa shape index (κ3) is 2.15. The average molecular weight is 275 g/mol. The van der Waals surface area contributed by atoms with Gasteiger partial charge in [0.25, 0.3) is 5.91 Å². The summed E-state index contributed by atoms with van der Waals surface area (Å²) in [5.74, 6) is 0.0687. The fourth-order valence-electron chi connectivity index (χ4n) is 2.43. The van der Waals surface area contributed by atoms with Crippen molar-refractivity contribution in [3.8, 4) is 5.75 Å². The van der Waals surface area contributed by atoms with Gasteiger partial charge in [0, 0.05) is 18.7 Å². The summed E-state index contributed by atoms with van der Waals surface area (Å²) in [5.41, 5.74) is 2.32. The van der Waals surface area contributed by atoms with Gasteiger partial charge < -0.3 is 21.1 Å². The smallest absolute Gasteiger partial charge is 0.251 e. The van der Waals surface area contributed by atoms with Crippen molar-refractivity contribution < 1.29 is 9.90 Å². The minimum atomic E-state index is -0.323. The molecule has 1 aromatic carbocycles. The SMILES string of the molecule is O=C1NCCC2=C1C(c1cccc(O)c1)NC(=S)N2. The molecule has 6 heteroatoms. The molecule has 0 aromatic heterocycles. The fourth-order valence-corrected chi connectivity index (χ4v) is 2.67. The summed E-state index contributed by atoms with van der Waals surface area (Å²) in [7, 11) is 0. The maximum Gasteiger partial charge on any atom is 0.251 e. The normalized spacial score (nSPS) is 22.2. The molecule has 1 amide bonds. The molecular formula is C13H13N3O2S. The van der Waals surface area contributed by atoms with Crippen LogP contribution in [0.15, 0.2) is 35.5 Å². The lowest BCUT2D eigenvalue weighted by molar-refractivity contribution is -0.118. The Morgan fingerprint density at radius 3 is 3.00 bits per heavy atom. The number of carbonyl (C=O) groups excluding carboxylic acids is 1. The van der Waals surface area contributed by atoms with Gasteiger partial charge in [-0.25, -0.2) is 0 Å². The molecule has 5 nitrogen and oxygen atoms in total. The maximum atomic E-state index is 12.0. The lowest BCUT2D eigenvalue weighted by atomic mass is 9.92. The van der Waals surface area contributed by atoms with E-state index in [1.807, 2.05) is 6.07 Å². The highest BCUT2D eigenvalue weighted by molar-refractivity contribution is 7.80. The van der Waals surface area contributed by atoms with E-state index in [0.717, 1.165) is 17.7 Å². The molecule has 0 saturated heterocycles. The van der Waals surface area contributed by atoms with Crippen LogP contribution in [0.1, 0.15) is 18.0 Å². The van der Waals surface area contributed by atoms with Gasteiger partial charge in [-0.15, -0.1) is 0 Å². The summed E-state index contributed by atoms with van der Waals surface area (Å²) < 4.78 is 0. The maximum absolute atomic E-state index is 12.0. The van der Waals surface area contributed by atoms with Crippen LogP contribution in [0.4, 0.5) is 0 Å². The van der Waals surface area contributed by atoms with Gasteiger partial charge in [-0.1, -0.05) is 12.1 Å². The second-order valence-corrected chi connectivity index (χ2v) is 4.93. The molecule has 2 aliphatic heterocycles. The van der Waals surface area contributed by atoms with Gasteiger partial charge >= 0.3 is 0 Å². The van der Waals surface area contributed by atoms with E-state index in [0.29, 0.717) is 17.2 Å². The summed E-state index contributed by atoms with van der Waals surface area (Å²) in [6.07, 6.45) is 0.734. The molecule has 0 fully saturated rings. The molecule has 1 aromatic rings. The van der Waals surface area contributed by atoms with Crippen LogP contribution in [0.5, 0.6) is 5.75 Å². The monoisotopic (exact) mass is 275 g/mol. The lowest BCUT2D eigenvalue weighted by Crippen LogP contribution is -2.50. The Labute approximate surface area is 115 Å². The first-order chi connectivity index (χ1) is 9.15. The van der Waals surface area contributed by atoms with Crippen LogP contribution in [0, 0.1) is 0 Å². The van der Waals surface area contributed by atoms with Crippen molar-refractivity contribution in [3.63, 3.8) is 0 Å². The molecule has 0 aliphatic carbocycles. The van der Waals surface area contributed by atoms with E-state index in [1.54, 1.807) is 18.2 Å². The topological polar surface area (TPSA) is 73.4 Å². The molecule has 0 bridgehead atoms. The van der Waals surface area contributed by atoms with Gasteiger partial charge in [-0.2, -0.15) is 0 Å². The Bertz CT molecular complexity index is 597. The van der Waals surface area contributed by atoms with E-state index in [1.165, 1.54) is 0 Å². The van der Waals surface area contributed by atoms with Crippen molar-refractivity contribution in [2.45, 2.75) is 12.5 Å². The number of thiocarbonyl (C=S) groups is 1. The second kappa shape index (κ2) is 4.55. The van der Waals surface area contributed by atoms with Gasteiger partial charge in [-0.05, 0) is 29.9 Å². The Kier molecular flexibility index (Phi) is 2.87. The number of rotatable bonds is 1. The standard InChI is InChI=1S/C13H13N3O2S/c17-8-3-1-2-7(6-8)11-10-9(15-13(19)16-11)4-5-14-12(10)18/h1-3,6,11,17H,4-5H2,(H,14,18)(H2,15,16,19). The number of amides is 1. The van der Waals surface area contributed by atoms with E-state index in [4.69, 9.17) is 12.2 Å². The summed E-state index contributed by atoms with van der Waals surface area (Å²) in [6.45, 7) is 0.611. The lowest BCUT2D eigenvalue weighted by Gasteiger charge is -2.34. The Morgan fingerprint density at radius 2 is 2.21 bits per heavy atom. The van der Waals surface area contributed by atoms with E-state index in [-0.39, 0.29) is 17.7 Å². The molecule has 1 atom stereocenters. The van der Waals surface area contributed by atoms with Crippen LogP contribution >= 0.6 is 12.2 Å². The number of hydrogen-bond acceptors (Lipinski definition) is 3. The number of nitrogens with one attached hydrogen (secondary N) is 3. The summed E-state index contributed by atoms with van der Waals surface area (Å²) in [4.78, 5) is 12.0. The van der Waals surface area contributed by atoms with Crippen LogP contribution < -0.4 is 16.0 Å². The first-order valence-corrected chi connectivity index (χ1v) is 6.43. The van der Waals surface area contributed by atoms with Crippen molar-refractivity contribution in [3.05, 3.63) is 41.1 Å². The highest BCUT2D eigenvalue weighted by Crippen LogP contribution is 2.30. The minimum absolute atomic E-state index is 0.0999. The van der Waals surface area contributed by atoms with Crippen molar-refractivity contribution in [1.82, 2.24) is 16.0 Å². The van der Waals surface area contributed by atoms with Gasteiger partial charge in [0.15, 0.2) is 5.11 Å². The molecule has 0 spiro atoms. The largest absolute Gasteiger partial charge is 0.508 e. The number of phenols is 1. The molecule has 4 N–H and O–H groups in total. The van der Waals surface area contributed by atoms with Gasteiger partial charge in [0.1, 0.15) is 5.75 Å². The summed E-state index contributed by atoms with van der Waals surface area (Å²) >= 11 is 5.17. The average Bonchev–Trinajstić information content (AvgIpc) is 2.37. The van der Waals surface area contributed by atoms with Gasteiger partial charge in [0.05, 0.1) is 11.6 Å². The van der Waals surface area contributed by atoms with E-state index < -0.39 is 0 Å². The second-order valence-electron chi connectivity index (χ2n) is 4.52. The molecule has 2 heterocycles. The minimum Gasteiger partial charge on any atom is -0.508 e. The van der Waals surface area contributed by atoms with Crippen LogP contribution in [0.2, 0.25) is 0 Å². The third-order valence-corrected chi connectivity index (χ3v) is 3.48. The quantitative estimate of drug-likeness (QED) is 0.567. The van der Waals surface area contributed by atoms with Gasteiger partial charge in [0.2, 0.25) is 0 Å². The first-order valence-electron chi connectivity index (χ1n) is 6.03. The van der Waals surface area contributed by atoms with E-state index >= 15 is 0 Å². The van der Waals surface area contributed by atoms with Crippen LogP contribution in [0.25, 0.3) is 0 Å². The number of benzene rings is 1. The zero-order valence-corrected chi connectivity index (χ0v) is 10.9. The third-order valence-electron chi connectivity index (χ3n) is 3.26.